The molecule has 1 aliphatic carbocycles. The molecule has 8 heteroatoms. The molecule has 0 aliphatic heterocycles. The van der Waals surface area contributed by atoms with Crippen molar-refractivity contribution in [3.8, 4) is 17.7 Å². The summed E-state index contributed by atoms with van der Waals surface area (Å²) >= 11 is 12.3. The number of halogens is 2. The molecule has 0 amide bonds. The van der Waals surface area contributed by atoms with E-state index < -0.39 is 0 Å². The quantitative estimate of drug-likeness (QED) is 0.319. The van der Waals surface area contributed by atoms with E-state index in [1.807, 2.05) is 12.1 Å². The maximum atomic E-state index is 11.5. The minimum absolute atomic E-state index is 0.0524. The SMILES string of the molecule is COc1ncc(/C(C#N)=C/c2c(Cl)c[n+]([O-])cc2Cl)cc1OC1Cc2ccccc2C1. The number of pyridine rings is 2. The maximum absolute atomic E-state index is 11.5. The number of hydrogen-bond acceptors (Lipinski definition) is 5. The third-order valence-electron chi connectivity index (χ3n) is 5.03. The van der Waals surface area contributed by atoms with Crippen LogP contribution in [0.4, 0.5) is 0 Å². The molecule has 0 saturated heterocycles. The molecule has 0 bridgehead atoms. The van der Waals surface area contributed by atoms with Gasteiger partial charge in [-0.2, -0.15) is 9.99 Å². The van der Waals surface area contributed by atoms with E-state index in [1.165, 1.54) is 42.9 Å². The Morgan fingerprint density at radius 2 is 1.87 bits per heavy atom. The van der Waals surface area contributed by atoms with E-state index in [-0.39, 0.29) is 21.7 Å². The van der Waals surface area contributed by atoms with Crippen molar-refractivity contribution in [1.29, 1.82) is 5.26 Å². The third-order valence-corrected chi connectivity index (χ3v) is 5.64. The minimum Gasteiger partial charge on any atom is -0.619 e. The van der Waals surface area contributed by atoms with Crippen molar-refractivity contribution in [3.05, 3.63) is 86.4 Å². The summed E-state index contributed by atoms with van der Waals surface area (Å²) in [7, 11) is 1.51. The van der Waals surface area contributed by atoms with Crippen LogP contribution in [0.5, 0.6) is 11.6 Å². The van der Waals surface area contributed by atoms with Crippen molar-refractivity contribution in [2.45, 2.75) is 18.9 Å². The van der Waals surface area contributed by atoms with Gasteiger partial charge in [-0.3, -0.25) is 0 Å². The molecular weight excluding hydrogens is 437 g/mol. The van der Waals surface area contributed by atoms with Gasteiger partial charge in [0, 0.05) is 30.2 Å². The van der Waals surface area contributed by atoms with Gasteiger partial charge in [-0.05, 0) is 23.3 Å². The lowest BCUT2D eigenvalue weighted by Gasteiger charge is -2.16. The van der Waals surface area contributed by atoms with Crippen LogP contribution < -0.4 is 14.2 Å². The van der Waals surface area contributed by atoms with Crippen LogP contribution in [0.15, 0.2) is 48.9 Å². The van der Waals surface area contributed by atoms with Crippen LogP contribution >= 0.6 is 23.2 Å². The van der Waals surface area contributed by atoms with Crippen molar-refractivity contribution in [2.24, 2.45) is 0 Å². The Labute approximate surface area is 189 Å². The van der Waals surface area contributed by atoms with Crippen LogP contribution in [0.25, 0.3) is 11.6 Å². The Morgan fingerprint density at radius 3 is 2.45 bits per heavy atom. The molecule has 156 valence electrons. The molecule has 1 aliphatic rings. The molecule has 0 fully saturated rings. The van der Waals surface area contributed by atoms with Crippen LogP contribution in [0.2, 0.25) is 10.0 Å². The van der Waals surface area contributed by atoms with Gasteiger partial charge >= 0.3 is 0 Å². The zero-order valence-electron chi connectivity index (χ0n) is 16.5. The van der Waals surface area contributed by atoms with E-state index in [2.05, 4.69) is 23.2 Å². The van der Waals surface area contributed by atoms with Crippen molar-refractivity contribution >= 4 is 34.9 Å². The second-order valence-corrected chi connectivity index (χ2v) is 7.86. The standard InChI is InChI=1S/C23H17Cl2N3O3/c1-30-23-22(31-18-6-14-4-2-3-5-15(14)7-18)9-17(11-27-23)16(10-26)8-19-20(24)12-28(29)13-21(19)25/h2-5,8-9,11-13,18H,6-7H2,1H3/b16-8+. The molecule has 4 rings (SSSR count). The van der Waals surface area contributed by atoms with E-state index in [0.717, 1.165) is 12.8 Å². The molecule has 0 unspecified atom stereocenters. The monoisotopic (exact) mass is 453 g/mol. The number of fused-ring (bicyclic) bond motifs is 1. The molecule has 2 aromatic heterocycles. The number of nitriles is 1. The molecule has 0 spiro atoms. The number of ether oxygens (including phenoxy) is 2. The van der Waals surface area contributed by atoms with E-state index in [0.29, 0.717) is 27.5 Å². The van der Waals surface area contributed by atoms with E-state index in [9.17, 15) is 10.5 Å². The zero-order chi connectivity index (χ0) is 22.0. The highest BCUT2D eigenvalue weighted by molar-refractivity contribution is 6.37. The zero-order valence-corrected chi connectivity index (χ0v) is 18.0. The summed E-state index contributed by atoms with van der Waals surface area (Å²) in [5, 5.41) is 21.5. The first-order valence-corrected chi connectivity index (χ1v) is 10.2. The highest BCUT2D eigenvalue weighted by atomic mass is 35.5. The first-order valence-electron chi connectivity index (χ1n) is 9.46. The van der Waals surface area contributed by atoms with E-state index >= 15 is 0 Å². The number of allylic oxidation sites excluding steroid dienone is 1. The first-order chi connectivity index (χ1) is 15.0. The lowest BCUT2D eigenvalue weighted by atomic mass is 10.1. The number of nitrogens with zero attached hydrogens (tertiary/aromatic N) is 3. The average molecular weight is 454 g/mol. The molecule has 3 aromatic rings. The summed E-state index contributed by atoms with van der Waals surface area (Å²) in [6.07, 6.45) is 6.90. The van der Waals surface area contributed by atoms with Crippen molar-refractivity contribution in [2.75, 3.05) is 7.11 Å². The van der Waals surface area contributed by atoms with Gasteiger partial charge in [0.25, 0.3) is 5.88 Å². The fourth-order valence-corrected chi connectivity index (χ4v) is 4.13. The van der Waals surface area contributed by atoms with Crippen LogP contribution in [0, 0.1) is 16.5 Å². The molecule has 0 radical (unpaired) electrons. The molecule has 1 aromatic carbocycles. The van der Waals surface area contributed by atoms with Crippen molar-refractivity contribution < 1.29 is 14.2 Å². The summed E-state index contributed by atoms with van der Waals surface area (Å²) in [5.41, 5.74) is 3.67. The molecule has 0 atom stereocenters. The van der Waals surface area contributed by atoms with Gasteiger partial charge in [0.05, 0.1) is 18.8 Å². The van der Waals surface area contributed by atoms with Gasteiger partial charge in [0.15, 0.2) is 18.1 Å². The molecule has 2 heterocycles. The minimum atomic E-state index is -0.0524. The predicted molar refractivity (Wildman–Crippen MR) is 118 cm³/mol. The lowest BCUT2D eigenvalue weighted by molar-refractivity contribution is -0.605. The second kappa shape index (κ2) is 8.84. The van der Waals surface area contributed by atoms with Gasteiger partial charge in [-0.15, -0.1) is 0 Å². The summed E-state index contributed by atoms with van der Waals surface area (Å²) in [6.45, 7) is 0. The highest BCUT2D eigenvalue weighted by Gasteiger charge is 2.24. The fourth-order valence-electron chi connectivity index (χ4n) is 3.57. The van der Waals surface area contributed by atoms with Crippen LogP contribution in [0.1, 0.15) is 22.3 Å². The Bertz CT molecular complexity index is 1170. The normalized spacial score (nSPS) is 13.5. The lowest BCUT2D eigenvalue weighted by Crippen LogP contribution is -2.24. The second-order valence-electron chi connectivity index (χ2n) is 7.05. The van der Waals surface area contributed by atoms with Gasteiger partial charge in [0.1, 0.15) is 16.1 Å². The molecule has 0 saturated carbocycles. The molecule has 6 nitrogen and oxygen atoms in total. The summed E-state index contributed by atoms with van der Waals surface area (Å²) in [6, 6.07) is 12.1. The van der Waals surface area contributed by atoms with Crippen LogP contribution in [-0.2, 0) is 12.8 Å². The fraction of sp³-hybridized carbons (Fsp3) is 0.174. The number of rotatable bonds is 5. The average Bonchev–Trinajstić information content (AvgIpc) is 3.15. The maximum Gasteiger partial charge on any atom is 0.256 e. The third kappa shape index (κ3) is 4.43. The number of benzene rings is 1. The Hall–Kier alpha value is -3.27. The van der Waals surface area contributed by atoms with Crippen LogP contribution in [-0.4, -0.2) is 18.2 Å². The van der Waals surface area contributed by atoms with E-state index in [4.69, 9.17) is 32.7 Å². The predicted octanol–water partition coefficient (Wildman–Crippen LogP) is 4.64. The Balaban J connectivity index is 1.66. The summed E-state index contributed by atoms with van der Waals surface area (Å²) in [5.74, 6) is 0.779. The number of methoxy groups -OCH3 is 1. The van der Waals surface area contributed by atoms with Gasteiger partial charge in [-0.1, -0.05) is 47.5 Å². The van der Waals surface area contributed by atoms with Crippen molar-refractivity contribution in [3.63, 3.8) is 0 Å². The number of hydrogen-bond donors (Lipinski definition) is 0. The van der Waals surface area contributed by atoms with Gasteiger partial charge in [0.2, 0.25) is 0 Å². The Morgan fingerprint density at radius 1 is 1.23 bits per heavy atom. The topological polar surface area (TPSA) is 82.1 Å². The summed E-state index contributed by atoms with van der Waals surface area (Å²) < 4.78 is 12.1. The summed E-state index contributed by atoms with van der Waals surface area (Å²) in [4.78, 5) is 4.30. The molecule has 31 heavy (non-hydrogen) atoms. The van der Waals surface area contributed by atoms with E-state index in [1.54, 1.807) is 6.07 Å². The Kier molecular flexibility index (Phi) is 5.99. The van der Waals surface area contributed by atoms with Crippen molar-refractivity contribution in [1.82, 2.24) is 4.98 Å². The van der Waals surface area contributed by atoms with Crippen LogP contribution in [0.3, 0.4) is 0 Å². The largest absolute Gasteiger partial charge is 0.619 e. The number of aromatic nitrogens is 2. The molecular formula is C23H17Cl2N3O3. The molecule has 0 N–H and O–H groups in total. The first kappa shape index (κ1) is 21.0. The van der Waals surface area contributed by atoms with Gasteiger partial charge in [-0.25, -0.2) is 4.98 Å². The van der Waals surface area contributed by atoms with Gasteiger partial charge < -0.3 is 14.7 Å². The smallest absolute Gasteiger partial charge is 0.256 e. The highest BCUT2D eigenvalue weighted by Crippen LogP contribution is 2.34.